The molecule has 19 heavy (non-hydrogen) atoms. The number of thiophene rings is 1. The van der Waals surface area contributed by atoms with Crippen LogP contribution in [0.1, 0.15) is 29.5 Å². The number of rotatable bonds is 3. The van der Waals surface area contributed by atoms with Gasteiger partial charge in [0.1, 0.15) is 5.75 Å². The van der Waals surface area contributed by atoms with Crippen molar-refractivity contribution < 1.29 is 4.74 Å². The van der Waals surface area contributed by atoms with Gasteiger partial charge in [0.05, 0.1) is 12.6 Å². The Hall–Kier alpha value is -0.880. The van der Waals surface area contributed by atoms with E-state index >= 15 is 0 Å². The van der Waals surface area contributed by atoms with Crippen LogP contribution in [0.25, 0.3) is 0 Å². The lowest BCUT2D eigenvalue weighted by molar-refractivity contribution is 0.246. The van der Waals surface area contributed by atoms with Crippen LogP contribution in [0.5, 0.6) is 5.75 Å². The van der Waals surface area contributed by atoms with E-state index in [4.69, 9.17) is 10.6 Å². The molecule has 100 valence electrons. The summed E-state index contributed by atoms with van der Waals surface area (Å²) in [6, 6.07) is 8.32. The number of hydrogen-bond donors (Lipinski definition) is 2. The Bertz CT molecular complexity index is 572. The summed E-state index contributed by atoms with van der Waals surface area (Å²) in [4.78, 5) is 0. The standard InChI is InChI=1S/C14H15BrN2OS/c15-12-8-19-7-11(12)14(17-16)10-5-6-18-13-4-2-1-3-9(10)13/h1-4,7-8,10,14,17H,5-6,16H2. The average Bonchev–Trinajstić information content (AvgIpc) is 2.86. The number of hydrazine groups is 1. The molecule has 0 spiro atoms. The van der Waals surface area contributed by atoms with Gasteiger partial charge in [-0.2, -0.15) is 11.3 Å². The number of hydrogen-bond acceptors (Lipinski definition) is 4. The molecule has 0 saturated carbocycles. The quantitative estimate of drug-likeness (QED) is 0.664. The zero-order valence-corrected chi connectivity index (χ0v) is 12.7. The minimum Gasteiger partial charge on any atom is -0.493 e. The van der Waals surface area contributed by atoms with Crippen molar-refractivity contribution in [3.05, 3.63) is 50.6 Å². The van der Waals surface area contributed by atoms with Crippen LogP contribution in [0.15, 0.2) is 39.5 Å². The number of nitrogens with two attached hydrogens (primary N) is 1. The highest BCUT2D eigenvalue weighted by Gasteiger charge is 2.30. The molecular formula is C14H15BrN2OS. The lowest BCUT2D eigenvalue weighted by Gasteiger charge is -2.32. The molecule has 1 aliphatic rings. The number of benzene rings is 1. The molecule has 1 aromatic carbocycles. The first-order valence-electron chi connectivity index (χ1n) is 6.20. The van der Waals surface area contributed by atoms with E-state index in [0.29, 0.717) is 5.92 Å². The average molecular weight is 339 g/mol. The van der Waals surface area contributed by atoms with Gasteiger partial charge in [-0.25, -0.2) is 0 Å². The van der Waals surface area contributed by atoms with Crippen LogP contribution in [-0.2, 0) is 0 Å². The molecule has 1 aromatic heterocycles. The zero-order chi connectivity index (χ0) is 13.2. The van der Waals surface area contributed by atoms with E-state index in [-0.39, 0.29) is 6.04 Å². The minimum absolute atomic E-state index is 0.102. The first-order valence-corrected chi connectivity index (χ1v) is 7.94. The third-order valence-corrected chi connectivity index (χ3v) is 5.32. The van der Waals surface area contributed by atoms with Crippen LogP contribution >= 0.6 is 27.3 Å². The van der Waals surface area contributed by atoms with Crippen LogP contribution < -0.4 is 16.0 Å². The second kappa shape index (κ2) is 5.63. The topological polar surface area (TPSA) is 47.3 Å². The normalized spacial score (nSPS) is 19.6. The first kappa shape index (κ1) is 13.1. The van der Waals surface area contributed by atoms with E-state index in [1.807, 2.05) is 12.1 Å². The monoisotopic (exact) mass is 338 g/mol. The first-order chi connectivity index (χ1) is 9.31. The van der Waals surface area contributed by atoms with Gasteiger partial charge < -0.3 is 4.74 Å². The summed E-state index contributed by atoms with van der Waals surface area (Å²) in [5, 5.41) is 4.23. The molecule has 0 aliphatic carbocycles. The molecule has 2 atom stereocenters. The molecule has 0 amide bonds. The molecule has 5 heteroatoms. The predicted molar refractivity (Wildman–Crippen MR) is 81.4 cm³/mol. The number of nitrogens with one attached hydrogen (secondary N) is 1. The zero-order valence-electron chi connectivity index (χ0n) is 10.3. The summed E-state index contributed by atoms with van der Waals surface area (Å²) in [5.74, 6) is 7.13. The van der Waals surface area contributed by atoms with Gasteiger partial charge in [-0.3, -0.25) is 11.3 Å². The van der Waals surface area contributed by atoms with Crippen molar-refractivity contribution >= 4 is 27.3 Å². The number of para-hydroxylation sites is 1. The molecule has 2 heterocycles. The fourth-order valence-electron chi connectivity index (χ4n) is 2.65. The predicted octanol–water partition coefficient (Wildman–Crippen LogP) is 3.58. The van der Waals surface area contributed by atoms with E-state index in [9.17, 15) is 0 Å². The van der Waals surface area contributed by atoms with Crippen molar-refractivity contribution in [3.63, 3.8) is 0 Å². The third kappa shape index (κ3) is 2.43. The summed E-state index contributed by atoms with van der Waals surface area (Å²) in [5.41, 5.74) is 5.43. The summed E-state index contributed by atoms with van der Waals surface area (Å²) < 4.78 is 6.83. The van der Waals surface area contributed by atoms with Gasteiger partial charge in [0.2, 0.25) is 0 Å². The van der Waals surface area contributed by atoms with Gasteiger partial charge in [0.15, 0.2) is 0 Å². The number of halogens is 1. The van der Waals surface area contributed by atoms with Gasteiger partial charge in [-0.05, 0) is 44.9 Å². The van der Waals surface area contributed by atoms with Crippen molar-refractivity contribution in [2.24, 2.45) is 5.84 Å². The highest BCUT2D eigenvalue weighted by atomic mass is 79.9. The van der Waals surface area contributed by atoms with Gasteiger partial charge in [0.25, 0.3) is 0 Å². The maximum atomic E-state index is 5.81. The molecule has 2 unspecified atom stereocenters. The van der Waals surface area contributed by atoms with Crippen LogP contribution in [0.2, 0.25) is 0 Å². The Labute approximate surface area is 124 Å². The molecule has 0 radical (unpaired) electrons. The fourth-order valence-corrected chi connectivity index (χ4v) is 4.23. The second-order valence-corrected chi connectivity index (χ2v) is 6.20. The van der Waals surface area contributed by atoms with Crippen molar-refractivity contribution in [3.8, 4) is 5.75 Å². The summed E-state index contributed by atoms with van der Waals surface area (Å²) >= 11 is 5.28. The van der Waals surface area contributed by atoms with E-state index in [1.165, 1.54) is 11.1 Å². The molecule has 0 bridgehead atoms. The van der Waals surface area contributed by atoms with E-state index < -0.39 is 0 Å². The fraction of sp³-hybridized carbons (Fsp3) is 0.286. The second-order valence-electron chi connectivity index (χ2n) is 4.60. The summed E-state index contributed by atoms with van der Waals surface area (Å²) in [6.45, 7) is 0.738. The Kier molecular flexibility index (Phi) is 3.88. The Morgan fingerprint density at radius 1 is 1.37 bits per heavy atom. The van der Waals surface area contributed by atoms with E-state index in [0.717, 1.165) is 23.2 Å². The number of ether oxygens (including phenoxy) is 1. The number of fused-ring (bicyclic) bond motifs is 1. The van der Waals surface area contributed by atoms with Gasteiger partial charge >= 0.3 is 0 Å². The molecular weight excluding hydrogens is 324 g/mol. The maximum absolute atomic E-state index is 5.81. The Balaban J connectivity index is 2.00. The molecule has 2 aromatic rings. The van der Waals surface area contributed by atoms with Crippen molar-refractivity contribution in [1.29, 1.82) is 0 Å². The lowest BCUT2D eigenvalue weighted by atomic mass is 9.84. The van der Waals surface area contributed by atoms with Crippen LogP contribution in [0, 0.1) is 0 Å². The molecule has 1 aliphatic heterocycles. The molecule has 3 rings (SSSR count). The van der Waals surface area contributed by atoms with E-state index in [1.54, 1.807) is 11.3 Å². The van der Waals surface area contributed by atoms with Gasteiger partial charge in [-0.15, -0.1) is 0 Å². The molecule has 3 N–H and O–H groups in total. The van der Waals surface area contributed by atoms with Gasteiger partial charge in [-0.1, -0.05) is 18.2 Å². The summed E-state index contributed by atoms with van der Waals surface area (Å²) in [6.07, 6.45) is 0.966. The van der Waals surface area contributed by atoms with Gasteiger partial charge in [0, 0.05) is 15.8 Å². The van der Waals surface area contributed by atoms with E-state index in [2.05, 4.69) is 44.2 Å². The highest BCUT2D eigenvalue weighted by Crippen LogP contribution is 2.43. The van der Waals surface area contributed by atoms with Crippen molar-refractivity contribution in [2.75, 3.05) is 6.61 Å². The SMILES string of the molecule is NNC(c1cscc1Br)C1CCOc2ccccc21. The smallest absolute Gasteiger partial charge is 0.122 e. The van der Waals surface area contributed by atoms with Crippen LogP contribution in [-0.4, -0.2) is 6.61 Å². The molecule has 0 saturated heterocycles. The van der Waals surface area contributed by atoms with Crippen molar-refractivity contribution in [1.82, 2.24) is 5.43 Å². The maximum Gasteiger partial charge on any atom is 0.122 e. The third-order valence-electron chi connectivity index (χ3n) is 3.56. The molecule has 0 fully saturated rings. The lowest BCUT2D eigenvalue weighted by Crippen LogP contribution is -2.34. The van der Waals surface area contributed by atoms with Crippen LogP contribution in [0.3, 0.4) is 0 Å². The largest absolute Gasteiger partial charge is 0.493 e. The minimum atomic E-state index is 0.102. The van der Waals surface area contributed by atoms with Crippen molar-refractivity contribution in [2.45, 2.75) is 18.4 Å². The van der Waals surface area contributed by atoms with Crippen LogP contribution in [0.4, 0.5) is 0 Å². The molecule has 3 nitrogen and oxygen atoms in total. The summed E-state index contributed by atoms with van der Waals surface area (Å²) in [7, 11) is 0. The highest BCUT2D eigenvalue weighted by molar-refractivity contribution is 9.10. The Morgan fingerprint density at radius 2 is 2.21 bits per heavy atom. The Morgan fingerprint density at radius 3 is 2.95 bits per heavy atom.